The molecule has 0 bridgehead atoms. The standard InChI is InChI=1S/C16H23N3O4S/c1-18-10-11(22-2)8-16(14(18)21)4-6-19(7-5-16)15-17-9-12(24-15)13(20)23-3/h9,11H,4-8,10H2,1-3H3. The van der Waals surface area contributed by atoms with E-state index in [-0.39, 0.29) is 23.4 Å². The fourth-order valence-electron chi connectivity index (χ4n) is 3.69. The normalized spacial score (nSPS) is 23.6. The van der Waals surface area contributed by atoms with Gasteiger partial charge in [0.15, 0.2) is 5.13 Å². The number of aromatic nitrogens is 1. The summed E-state index contributed by atoms with van der Waals surface area (Å²) in [7, 11) is 4.93. The predicted molar refractivity (Wildman–Crippen MR) is 90.4 cm³/mol. The Labute approximate surface area is 145 Å². The molecule has 1 atom stereocenters. The molecule has 2 aliphatic rings. The number of methoxy groups -OCH3 is 2. The summed E-state index contributed by atoms with van der Waals surface area (Å²) in [6, 6.07) is 0. The number of carbonyl (C=O) groups excluding carboxylic acids is 2. The number of esters is 1. The molecule has 132 valence electrons. The van der Waals surface area contributed by atoms with Crippen molar-refractivity contribution in [2.24, 2.45) is 5.41 Å². The van der Waals surface area contributed by atoms with Crippen LogP contribution in [0.25, 0.3) is 0 Å². The van der Waals surface area contributed by atoms with Gasteiger partial charge in [-0.3, -0.25) is 4.79 Å². The van der Waals surface area contributed by atoms with Crippen molar-refractivity contribution < 1.29 is 19.1 Å². The van der Waals surface area contributed by atoms with E-state index in [1.165, 1.54) is 18.4 Å². The summed E-state index contributed by atoms with van der Waals surface area (Å²) >= 11 is 1.33. The van der Waals surface area contributed by atoms with Crippen LogP contribution in [0.15, 0.2) is 6.20 Å². The number of hydrogen-bond acceptors (Lipinski definition) is 7. The third-order valence-corrected chi connectivity index (χ3v) is 6.14. The van der Waals surface area contributed by atoms with Crippen molar-refractivity contribution in [1.29, 1.82) is 0 Å². The van der Waals surface area contributed by atoms with E-state index >= 15 is 0 Å². The second-order valence-corrected chi connectivity index (χ2v) is 7.52. The summed E-state index contributed by atoms with van der Waals surface area (Å²) in [6.07, 6.45) is 4.00. The molecular weight excluding hydrogens is 330 g/mol. The first-order valence-electron chi connectivity index (χ1n) is 8.06. The molecule has 8 heteroatoms. The van der Waals surface area contributed by atoms with Crippen LogP contribution in [0.5, 0.6) is 0 Å². The van der Waals surface area contributed by atoms with E-state index < -0.39 is 0 Å². The fourth-order valence-corrected chi connectivity index (χ4v) is 4.57. The molecule has 2 aliphatic heterocycles. The lowest BCUT2D eigenvalue weighted by molar-refractivity contribution is -0.153. The first kappa shape index (κ1) is 17.2. The van der Waals surface area contributed by atoms with Gasteiger partial charge in [-0.2, -0.15) is 0 Å². The second-order valence-electron chi connectivity index (χ2n) is 6.51. The van der Waals surface area contributed by atoms with Gasteiger partial charge in [-0.15, -0.1) is 0 Å². The summed E-state index contributed by atoms with van der Waals surface area (Å²) in [4.78, 5) is 33.1. The number of likely N-dealkylation sites (tertiary alicyclic amines) is 1. The summed E-state index contributed by atoms with van der Waals surface area (Å²) in [5.41, 5.74) is -0.327. The van der Waals surface area contributed by atoms with Crippen LogP contribution < -0.4 is 4.90 Å². The summed E-state index contributed by atoms with van der Waals surface area (Å²) in [6.45, 7) is 2.17. The van der Waals surface area contributed by atoms with Crippen LogP contribution in [-0.2, 0) is 14.3 Å². The van der Waals surface area contributed by atoms with Crippen molar-refractivity contribution >= 4 is 28.3 Å². The van der Waals surface area contributed by atoms with Gasteiger partial charge in [0.05, 0.1) is 24.8 Å². The number of amides is 1. The molecule has 24 heavy (non-hydrogen) atoms. The lowest BCUT2D eigenvalue weighted by Gasteiger charge is -2.47. The molecule has 3 heterocycles. The second kappa shape index (κ2) is 6.68. The maximum absolute atomic E-state index is 12.7. The molecular formula is C16H23N3O4S. The highest BCUT2D eigenvalue weighted by atomic mass is 32.1. The monoisotopic (exact) mass is 353 g/mol. The van der Waals surface area contributed by atoms with Crippen molar-refractivity contribution in [1.82, 2.24) is 9.88 Å². The van der Waals surface area contributed by atoms with E-state index in [0.29, 0.717) is 11.4 Å². The van der Waals surface area contributed by atoms with Crippen LogP contribution in [0.3, 0.4) is 0 Å². The Bertz CT molecular complexity index is 625. The number of nitrogens with zero attached hydrogens (tertiary/aromatic N) is 3. The van der Waals surface area contributed by atoms with Crippen LogP contribution in [0.4, 0.5) is 5.13 Å². The number of hydrogen-bond donors (Lipinski definition) is 0. The Morgan fingerprint density at radius 1 is 1.38 bits per heavy atom. The number of likely N-dealkylation sites (N-methyl/N-ethyl adjacent to an activating group) is 1. The highest BCUT2D eigenvalue weighted by Crippen LogP contribution is 2.42. The highest BCUT2D eigenvalue weighted by molar-refractivity contribution is 7.17. The van der Waals surface area contributed by atoms with Gasteiger partial charge in [-0.05, 0) is 19.3 Å². The average Bonchev–Trinajstić information content (AvgIpc) is 3.09. The van der Waals surface area contributed by atoms with Crippen LogP contribution in [-0.4, -0.2) is 68.8 Å². The molecule has 0 radical (unpaired) electrons. The molecule has 2 saturated heterocycles. The zero-order chi connectivity index (χ0) is 17.3. The largest absolute Gasteiger partial charge is 0.465 e. The number of carbonyl (C=O) groups is 2. The predicted octanol–water partition coefficient (Wildman–Crippen LogP) is 1.39. The number of piperidine rings is 2. The van der Waals surface area contributed by atoms with Crippen LogP contribution in [0.1, 0.15) is 28.9 Å². The van der Waals surface area contributed by atoms with Crippen molar-refractivity contribution in [2.45, 2.75) is 25.4 Å². The number of rotatable bonds is 3. The quantitative estimate of drug-likeness (QED) is 0.765. The summed E-state index contributed by atoms with van der Waals surface area (Å²) < 4.78 is 10.2. The van der Waals surface area contributed by atoms with E-state index in [1.54, 1.807) is 18.2 Å². The molecule has 0 saturated carbocycles. The van der Waals surface area contributed by atoms with Crippen LogP contribution in [0.2, 0.25) is 0 Å². The van der Waals surface area contributed by atoms with Gasteiger partial charge in [-0.25, -0.2) is 9.78 Å². The average molecular weight is 353 g/mol. The van der Waals surface area contributed by atoms with Gasteiger partial charge in [0, 0.05) is 33.8 Å². The molecule has 1 amide bonds. The van der Waals surface area contributed by atoms with E-state index in [1.807, 2.05) is 7.05 Å². The Hall–Kier alpha value is -1.67. The van der Waals surface area contributed by atoms with E-state index in [9.17, 15) is 9.59 Å². The zero-order valence-electron chi connectivity index (χ0n) is 14.3. The van der Waals surface area contributed by atoms with Crippen molar-refractivity contribution in [3.63, 3.8) is 0 Å². The molecule has 0 aromatic carbocycles. The third kappa shape index (κ3) is 3.00. The van der Waals surface area contributed by atoms with E-state index in [0.717, 1.165) is 37.5 Å². The lowest BCUT2D eigenvalue weighted by Crippen LogP contribution is -2.56. The highest BCUT2D eigenvalue weighted by Gasteiger charge is 2.48. The van der Waals surface area contributed by atoms with Gasteiger partial charge in [0.1, 0.15) is 4.88 Å². The number of ether oxygens (including phenoxy) is 2. The minimum atomic E-state index is -0.362. The molecule has 2 fully saturated rings. The Morgan fingerprint density at radius 2 is 2.08 bits per heavy atom. The fraction of sp³-hybridized carbons (Fsp3) is 0.688. The van der Waals surface area contributed by atoms with Gasteiger partial charge in [0.25, 0.3) is 0 Å². The van der Waals surface area contributed by atoms with Gasteiger partial charge < -0.3 is 19.3 Å². The van der Waals surface area contributed by atoms with Crippen molar-refractivity contribution in [3.05, 3.63) is 11.1 Å². The molecule has 1 aromatic heterocycles. The van der Waals surface area contributed by atoms with E-state index in [2.05, 4.69) is 9.88 Å². The molecule has 7 nitrogen and oxygen atoms in total. The minimum absolute atomic E-state index is 0.102. The number of thiazole rings is 1. The smallest absolute Gasteiger partial charge is 0.349 e. The summed E-state index contributed by atoms with van der Waals surface area (Å²) in [5, 5.41) is 0.810. The topological polar surface area (TPSA) is 72.0 Å². The first-order chi connectivity index (χ1) is 11.5. The maximum atomic E-state index is 12.7. The van der Waals surface area contributed by atoms with Gasteiger partial charge in [-0.1, -0.05) is 11.3 Å². The summed E-state index contributed by atoms with van der Waals surface area (Å²) in [5.74, 6) is -0.135. The van der Waals surface area contributed by atoms with Crippen LogP contribution >= 0.6 is 11.3 Å². The Balaban J connectivity index is 1.69. The molecule has 0 N–H and O–H groups in total. The SMILES string of the molecule is COC(=O)c1cnc(N2CCC3(CC2)CC(OC)CN(C)C3=O)s1. The van der Waals surface area contributed by atoms with E-state index in [4.69, 9.17) is 9.47 Å². The molecule has 0 aliphatic carbocycles. The number of anilines is 1. The van der Waals surface area contributed by atoms with Crippen LogP contribution in [0, 0.1) is 5.41 Å². The zero-order valence-corrected chi connectivity index (χ0v) is 15.1. The maximum Gasteiger partial charge on any atom is 0.349 e. The Kier molecular flexibility index (Phi) is 4.78. The third-order valence-electron chi connectivity index (χ3n) is 5.10. The molecule has 1 spiro atoms. The molecule has 1 unspecified atom stereocenters. The van der Waals surface area contributed by atoms with Crippen molar-refractivity contribution in [3.8, 4) is 0 Å². The van der Waals surface area contributed by atoms with Gasteiger partial charge in [0.2, 0.25) is 5.91 Å². The van der Waals surface area contributed by atoms with Gasteiger partial charge >= 0.3 is 5.97 Å². The lowest BCUT2D eigenvalue weighted by atomic mass is 9.71. The minimum Gasteiger partial charge on any atom is -0.465 e. The molecule has 3 rings (SSSR count). The Morgan fingerprint density at radius 3 is 2.71 bits per heavy atom. The van der Waals surface area contributed by atoms with Crippen molar-refractivity contribution in [2.75, 3.05) is 45.8 Å². The molecule has 1 aromatic rings. The first-order valence-corrected chi connectivity index (χ1v) is 8.88.